The summed E-state index contributed by atoms with van der Waals surface area (Å²) in [7, 11) is 0. The lowest BCUT2D eigenvalue weighted by Crippen LogP contribution is -2.15. The summed E-state index contributed by atoms with van der Waals surface area (Å²) in [5, 5.41) is 12.3. The van der Waals surface area contributed by atoms with E-state index >= 15 is 0 Å². The molecule has 1 heterocycles. The first kappa shape index (κ1) is 21.0. The van der Waals surface area contributed by atoms with E-state index < -0.39 is 0 Å². The molecule has 1 N–H and O–H groups in total. The van der Waals surface area contributed by atoms with Crippen LogP contribution in [-0.4, -0.2) is 32.7 Å². The molecular formula is C20H21BrN4OS2. The molecule has 3 rings (SSSR count). The summed E-state index contributed by atoms with van der Waals surface area (Å²) < 4.78 is 2.89. The number of aryl methyl sites for hydroxylation is 2. The van der Waals surface area contributed by atoms with Crippen molar-refractivity contribution >= 4 is 51.0 Å². The summed E-state index contributed by atoms with van der Waals surface area (Å²) in [5.41, 5.74) is 4.09. The maximum absolute atomic E-state index is 12.4. The average molecular weight is 477 g/mol. The molecule has 0 spiro atoms. The number of rotatable bonds is 7. The highest BCUT2D eigenvalue weighted by Gasteiger charge is 2.16. The van der Waals surface area contributed by atoms with Gasteiger partial charge in [0.1, 0.15) is 5.82 Å². The Labute approximate surface area is 181 Å². The van der Waals surface area contributed by atoms with Crippen molar-refractivity contribution in [1.82, 2.24) is 14.8 Å². The Kier molecular flexibility index (Phi) is 7.20. The number of amides is 1. The molecule has 2 aromatic carbocycles. The van der Waals surface area contributed by atoms with Gasteiger partial charge in [0.2, 0.25) is 5.91 Å². The number of carbonyl (C=O) groups excluding carboxylic acids is 1. The Hall–Kier alpha value is -1.77. The fourth-order valence-electron chi connectivity index (χ4n) is 2.61. The van der Waals surface area contributed by atoms with Crippen molar-refractivity contribution in [2.45, 2.75) is 24.8 Å². The first-order chi connectivity index (χ1) is 13.5. The molecule has 1 aromatic heterocycles. The van der Waals surface area contributed by atoms with E-state index in [-0.39, 0.29) is 11.7 Å². The molecule has 0 radical (unpaired) electrons. The number of aromatic nitrogens is 3. The summed E-state index contributed by atoms with van der Waals surface area (Å²) in [4.78, 5) is 12.4. The largest absolute Gasteiger partial charge is 0.324 e. The summed E-state index contributed by atoms with van der Waals surface area (Å²) in [6, 6.07) is 14.1. The van der Waals surface area contributed by atoms with Crippen molar-refractivity contribution in [2.24, 2.45) is 0 Å². The second-order valence-electron chi connectivity index (χ2n) is 6.32. The Balaban J connectivity index is 1.75. The van der Waals surface area contributed by atoms with E-state index in [0.717, 1.165) is 33.0 Å². The number of hydrogen-bond acceptors (Lipinski definition) is 5. The Morgan fingerprint density at radius 2 is 1.82 bits per heavy atom. The first-order valence-corrected chi connectivity index (χ1v) is 11.8. The van der Waals surface area contributed by atoms with Crippen LogP contribution in [0.25, 0.3) is 5.69 Å². The molecule has 0 fully saturated rings. The van der Waals surface area contributed by atoms with Crippen LogP contribution in [-0.2, 0) is 10.5 Å². The van der Waals surface area contributed by atoms with Gasteiger partial charge in [0.25, 0.3) is 0 Å². The van der Waals surface area contributed by atoms with Gasteiger partial charge in [-0.05, 0) is 65.9 Å². The molecule has 0 bridgehead atoms. The van der Waals surface area contributed by atoms with E-state index in [4.69, 9.17) is 0 Å². The molecule has 0 saturated heterocycles. The second-order valence-corrected chi connectivity index (χ2v) is 8.99. The van der Waals surface area contributed by atoms with Gasteiger partial charge in [0.05, 0.1) is 17.2 Å². The van der Waals surface area contributed by atoms with Crippen LogP contribution >= 0.6 is 39.5 Å². The summed E-state index contributed by atoms with van der Waals surface area (Å²) in [6.45, 7) is 4.07. The Morgan fingerprint density at radius 3 is 2.50 bits per heavy atom. The van der Waals surface area contributed by atoms with Gasteiger partial charge in [-0.2, -0.15) is 11.8 Å². The second kappa shape index (κ2) is 9.62. The highest BCUT2D eigenvalue weighted by Crippen LogP contribution is 2.26. The topological polar surface area (TPSA) is 59.8 Å². The summed E-state index contributed by atoms with van der Waals surface area (Å²) >= 11 is 6.56. The standard InChI is InChI=1S/C20H21BrN4OS2/c1-13-4-7-15(8-5-13)25-18(11-27-3)23-24-20(25)28-12-19(26)22-17-9-6-14(2)10-16(17)21/h4-10H,11-12H2,1-3H3,(H,22,26). The maximum Gasteiger partial charge on any atom is 0.234 e. The third-order valence-electron chi connectivity index (χ3n) is 4.00. The van der Waals surface area contributed by atoms with Crippen LogP contribution in [0.2, 0.25) is 0 Å². The van der Waals surface area contributed by atoms with Gasteiger partial charge in [-0.3, -0.25) is 9.36 Å². The molecule has 1 amide bonds. The summed E-state index contributed by atoms with van der Waals surface area (Å²) in [5.74, 6) is 1.80. The van der Waals surface area contributed by atoms with Gasteiger partial charge in [-0.25, -0.2) is 0 Å². The van der Waals surface area contributed by atoms with Crippen molar-refractivity contribution in [3.05, 3.63) is 63.9 Å². The summed E-state index contributed by atoms with van der Waals surface area (Å²) in [6.07, 6.45) is 2.04. The third-order valence-corrected chi connectivity index (χ3v) is 6.13. The van der Waals surface area contributed by atoms with Gasteiger partial charge in [0, 0.05) is 10.2 Å². The number of thioether (sulfide) groups is 2. The van der Waals surface area contributed by atoms with Crippen LogP contribution in [0.4, 0.5) is 5.69 Å². The van der Waals surface area contributed by atoms with Crippen LogP contribution < -0.4 is 5.32 Å². The van der Waals surface area contributed by atoms with Crippen molar-refractivity contribution in [3.63, 3.8) is 0 Å². The molecule has 5 nitrogen and oxygen atoms in total. The lowest BCUT2D eigenvalue weighted by molar-refractivity contribution is -0.113. The van der Waals surface area contributed by atoms with E-state index in [1.807, 2.05) is 35.9 Å². The van der Waals surface area contributed by atoms with Gasteiger partial charge < -0.3 is 5.32 Å². The minimum atomic E-state index is -0.0839. The lowest BCUT2D eigenvalue weighted by atomic mass is 10.2. The van der Waals surface area contributed by atoms with Gasteiger partial charge >= 0.3 is 0 Å². The maximum atomic E-state index is 12.4. The zero-order chi connectivity index (χ0) is 20.1. The third kappa shape index (κ3) is 5.18. The van der Waals surface area contributed by atoms with Crippen LogP contribution in [0, 0.1) is 13.8 Å². The molecule has 0 aliphatic rings. The first-order valence-electron chi connectivity index (χ1n) is 8.67. The number of halogens is 1. The fourth-order valence-corrected chi connectivity index (χ4v) is 4.42. The van der Waals surface area contributed by atoms with Gasteiger partial charge in [0.15, 0.2) is 5.16 Å². The Morgan fingerprint density at radius 1 is 1.11 bits per heavy atom. The van der Waals surface area contributed by atoms with Crippen molar-refractivity contribution in [2.75, 3.05) is 17.3 Å². The van der Waals surface area contributed by atoms with Crippen LogP contribution in [0.1, 0.15) is 17.0 Å². The number of carbonyl (C=O) groups is 1. The smallest absolute Gasteiger partial charge is 0.234 e. The predicted molar refractivity (Wildman–Crippen MR) is 122 cm³/mol. The Bertz CT molecular complexity index is 973. The number of nitrogens with zero attached hydrogens (tertiary/aromatic N) is 3. The molecule has 3 aromatic rings. The lowest BCUT2D eigenvalue weighted by Gasteiger charge is -2.11. The monoisotopic (exact) mass is 476 g/mol. The van der Waals surface area contributed by atoms with Crippen LogP contribution in [0.5, 0.6) is 0 Å². The number of nitrogens with one attached hydrogen (secondary N) is 1. The number of anilines is 1. The molecule has 146 valence electrons. The van der Waals surface area contributed by atoms with Crippen molar-refractivity contribution in [3.8, 4) is 5.69 Å². The molecule has 0 aliphatic heterocycles. The average Bonchev–Trinajstić information content (AvgIpc) is 3.06. The molecule has 0 unspecified atom stereocenters. The highest BCUT2D eigenvalue weighted by molar-refractivity contribution is 9.10. The quantitative estimate of drug-likeness (QED) is 0.472. The molecule has 28 heavy (non-hydrogen) atoms. The highest BCUT2D eigenvalue weighted by atomic mass is 79.9. The van der Waals surface area contributed by atoms with E-state index in [1.165, 1.54) is 17.3 Å². The van der Waals surface area contributed by atoms with E-state index in [2.05, 4.69) is 62.6 Å². The predicted octanol–water partition coefficient (Wildman–Crippen LogP) is 5.24. The normalized spacial score (nSPS) is 10.9. The zero-order valence-electron chi connectivity index (χ0n) is 15.9. The SMILES string of the molecule is CSCc1nnc(SCC(=O)Nc2ccc(C)cc2Br)n1-c1ccc(C)cc1. The van der Waals surface area contributed by atoms with Gasteiger partial charge in [-0.15, -0.1) is 10.2 Å². The minimum absolute atomic E-state index is 0.0839. The van der Waals surface area contributed by atoms with E-state index in [0.29, 0.717) is 5.16 Å². The number of hydrogen-bond donors (Lipinski definition) is 1. The van der Waals surface area contributed by atoms with Crippen molar-refractivity contribution in [1.29, 1.82) is 0 Å². The van der Waals surface area contributed by atoms with Gasteiger partial charge in [-0.1, -0.05) is 35.5 Å². The number of benzene rings is 2. The molecule has 0 aliphatic carbocycles. The van der Waals surface area contributed by atoms with E-state index in [1.54, 1.807) is 11.8 Å². The van der Waals surface area contributed by atoms with Crippen molar-refractivity contribution < 1.29 is 4.79 Å². The minimum Gasteiger partial charge on any atom is -0.324 e. The molecule has 0 saturated carbocycles. The zero-order valence-corrected chi connectivity index (χ0v) is 19.1. The fraction of sp³-hybridized carbons (Fsp3) is 0.250. The molecular weight excluding hydrogens is 456 g/mol. The van der Waals surface area contributed by atoms with Crippen LogP contribution in [0.3, 0.4) is 0 Å². The molecule has 8 heteroatoms. The van der Waals surface area contributed by atoms with Crippen LogP contribution in [0.15, 0.2) is 52.1 Å². The van der Waals surface area contributed by atoms with E-state index in [9.17, 15) is 4.79 Å². The molecule has 0 atom stereocenters.